The molecular formula is C14H18O. The summed E-state index contributed by atoms with van der Waals surface area (Å²) in [4.78, 5) is 0. The third-order valence-corrected chi connectivity index (χ3v) is 3.97. The molecule has 1 nitrogen and oxygen atoms in total. The van der Waals surface area contributed by atoms with E-state index in [1.807, 2.05) is 0 Å². The fourth-order valence-corrected chi connectivity index (χ4v) is 3.22. The first-order valence-electron chi connectivity index (χ1n) is 6.17. The molecule has 0 amide bonds. The highest BCUT2D eigenvalue weighted by molar-refractivity contribution is 5.38. The van der Waals surface area contributed by atoms with Gasteiger partial charge in [0, 0.05) is 0 Å². The smallest absolute Gasteiger partial charge is 0.122 e. The van der Waals surface area contributed by atoms with E-state index in [-0.39, 0.29) is 0 Å². The van der Waals surface area contributed by atoms with Crippen molar-refractivity contribution in [1.29, 1.82) is 0 Å². The topological polar surface area (TPSA) is 9.23 Å². The van der Waals surface area contributed by atoms with Crippen LogP contribution in [0.4, 0.5) is 0 Å². The van der Waals surface area contributed by atoms with Crippen LogP contribution in [0.3, 0.4) is 0 Å². The number of benzene rings is 1. The molecule has 1 atom stereocenters. The first-order chi connectivity index (χ1) is 7.45. The molecule has 0 bridgehead atoms. The van der Waals surface area contributed by atoms with Crippen molar-refractivity contribution in [2.24, 2.45) is 5.92 Å². The van der Waals surface area contributed by atoms with Gasteiger partial charge in [-0.25, -0.2) is 0 Å². The molecule has 1 heteroatoms. The monoisotopic (exact) mass is 202 g/mol. The minimum absolute atomic E-state index is 0.775. The SMILES string of the molecule is c1ccc2c(c1)OCC[C@H]2C1CCCC1. The van der Waals surface area contributed by atoms with E-state index in [1.165, 1.54) is 37.7 Å². The van der Waals surface area contributed by atoms with Crippen molar-refractivity contribution in [3.63, 3.8) is 0 Å². The summed E-state index contributed by atoms with van der Waals surface area (Å²) in [5.41, 5.74) is 1.47. The van der Waals surface area contributed by atoms with Gasteiger partial charge < -0.3 is 4.74 Å². The van der Waals surface area contributed by atoms with Crippen LogP contribution in [-0.4, -0.2) is 6.61 Å². The van der Waals surface area contributed by atoms with E-state index in [2.05, 4.69) is 24.3 Å². The predicted molar refractivity (Wildman–Crippen MR) is 61.3 cm³/mol. The van der Waals surface area contributed by atoms with E-state index >= 15 is 0 Å². The van der Waals surface area contributed by atoms with Crippen LogP contribution >= 0.6 is 0 Å². The second-order valence-corrected chi connectivity index (χ2v) is 4.83. The maximum Gasteiger partial charge on any atom is 0.122 e. The normalized spacial score (nSPS) is 26.0. The minimum Gasteiger partial charge on any atom is -0.493 e. The third-order valence-electron chi connectivity index (χ3n) is 3.97. The first-order valence-corrected chi connectivity index (χ1v) is 6.17. The maximum absolute atomic E-state index is 5.71. The first kappa shape index (κ1) is 9.26. The molecule has 0 N–H and O–H groups in total. The summed E-state index contributed by atoms with van der Waals surface area (Å²) in [6.07, 6.45) is 6.95. The molecule has 1 aliphatic carbocycles. The molecule has 1 heterocycles. The molecule has 1 fully saturated rings. The van der Waals surface area contributed by atoms with Crippen molar-refractivity contribution in [2.45, 2.75) is 38.0 Å². The van der Waals surface area contributed by atoms with Crippen LogP contribution in [0.25, 0.3) is 0 Å². The summed E-state index contributed by atoms with van der Waals surface area (Å²) in [5.74, 6) is 2.84. The summed E-state index contributed by atoms with van der Waals surface area (Å²) < 4.78 is 5.71. The van der Waals surface area contributed by atoms with E-state index in [4.69, 9.17) is 4.74 Å². The lowest BCUT2D eigenvalue weighted by Gasteiger charge is -2.30. The van der Waals surface area contributed by atoms with Crippen molar-refractivity contribution in [1.82, 2.24) is 0 Å². The molecule has 0 aromatic heterocycles. The van der Waals surface area contributed by atoms with E-state index in [0.717, 1.165) is 24.2 Å². The second kappa shape index (κ2) is 3.88. The van der Waals surface area contributed by atoms with Crippen LogP contribution in [0.5, 0.6) is 5.75 Å². The Kier molecular flexibility index (Phi) is 2.40. The number of rotatable bonds is 1. The Balaban J connectivity index is 1.91. The average molecular weight is 202 g/mol. The van der Waals surface area contributed by atoms with E-state index in [1.54, 1.807) is 0 Å². The van der Waals surface area contributed by atoms with E-state index < -0.39 is 0 Å². The number of hydrogen-bond acceptors (Lipinski definition) is 1. The van der Waals surface area contributed by atoms with Crippen molar-refractivity contribution in [3.8, 4) is 5.75 Å². The van der Waals surface area contributed by atoms with Crippen LogP contribution < -0.4 is 4.74 Å². The summed E-state index contributed by atoms with van der Waals surface area (Å²) in [6.45, 7) is 0.915. The fourth-order valence-electron chi connectivity index (χ4n) is 3.22. The molecular weight excluding hydrogens is 184 g/mol. The van der Waals surface area contributed by atoms with Gasteiger partial charge in [0.15, 0.2) is 0 Å². The lowest BCUT2D eigenvalue weighted by atomic mass is 9.81. The molecule has 0 unspecified atom stereocenters. The summed E-state index contributed by atoms with van der Waals surface area (Å²) in [7, 11) is 0. The Morgan fingerprint density at radius 2 is 1.80 bits per heavy atom. The fraction of sp³-hybridized carbons (Fsp3) is 0.571. The van der Waals surface area contributed by atoms with Gasteiger partial charge in [0.25, 0.3) is 0 Å². The standard InChI is InChI=1S/C14H18O/c1-2-6-11(5-1)12-9-10-15-14-8-4-3-7-13(12)14/h3-4,7-8,11-12H,1-2,5-6,9-10H2/t12-/m0/s1. The van der Waals surface area contributed by atoms with Crippen LogP contribution in [0.2, 0.25) is 0 Å². The Morgan fingerprint density at radius 1 is 1.00 bits per heavy atom. The highest BCUT2D eigenvalue weighted by Gasteiger charge is 2.30. The Morgan fingerprint density at radius 3 is 2.67 bits per heavy atom. The molecule has 80 valence electrons. The number of fused-ring (bicyclic) bond motifs is 1. The zero-order valence-electron chi connectivity index (χ0n) is 9.11. The van der Waals surface area contributed by atoms with Gasteiger partial charge in [-0.3, -0.25) is 0 Å². The minimum atomic E-state index is 0.775. The van der Waals surface area contributed by atoms with Crippen molar-refractivity contribution in [2.75, 3.05) is 6.61 Å². The summed E-state index contributed by atoms with van der Waals surface area (Å²) >= 11 is 0. The Bertz CT molecular complexity index is 339. The van der Waals surface area contributed by atoms with Crippen LogP contribution in [0.15, 0.2) is 24.3 Å². The van der Waals surface area contributed by atoms with Crippen LogP contribution in [0, 0.1) is 5.92 Å². The molecule has 0 spiro atoms. The lowest BCUT2D eigenvalue weighted by Crippen LogP contribution is -2.19. The van der Waals surface area contributed by atoms with Crippen LogP contribution in [-0.2, 0) is 0 Å². The molecule has 1 aliphatic heterocycles. The van der Waals surface area contributed by atoms with Crippen molar-refractivity contribution >= 4 is 0 Å². The zero-order valence-corrected chi connectivity index (χ0v) is 9.11. The van der Waals surface area contributed by atoms with Gasteiger partial charge in [-0.1, -0.05) is 31.0 Å². The zero-order chi connectivity index (χ0) is 10.1. The number of ether oxygens (including phenoxy) is 1. The van der Waals surface area contributed by atoms with Crippen LogP contribution in [0.1, 0.15) is 43.6 Å². The molecule has 3 rings (SSSR count). The average Bonchev–Trinajstić information content (AvgIpc) is 2.82. The van der Waals surface area contributed by atoms with Crippen molar-refractivity contribution < 1.29 is 4.74 Å². The Labute approximate surface area is 91.5 Å². The van der Waals surface area contributed by atoms with Gasteiger partial charge >= 0.3 is 0 Å². The van der Waals surface area contributed by atoms with Gasteiger partial charge in [0.1, 0.15) is 5.75 Å². The van der Waals surface area contributed by atoms with Gasteiger partial charge in [0.05, 0.1) is 6.61 Å². The second-order valence-electron chi connectivity index (χ2n) is 4.83. The molecule has 2 aliphatic rings. The van der Waals surface area contributed by atoms with Gasteiger partial charge in [-0.05, 0) is 42.7 Å². The summed E-state index contributed by atoms with van der Waals surface area (Å²) in [5, 5.41) is 0. The highest BCUT2D eigenvalue weighted by Crippen LogP contribution is 2.44. The number of para-hydroxylation sites is 1. The molecule has 0 radical (unpaired) electrons. The summed E-state index contributed by atoms with van der Waals surface area (Å²) in [6, 6.07) is 8.61. The maximum atomic E-state index is 5.71. The van der Waals surface area contributed by atoms with E-state index in [9.17, 15) is 0 Å². The molecule has 15 heavy (non-hydrogen) atoms. The van der Waals surface area contributed by atoms with Crippen molar-refractivity contribution in [3.05, 3.63) is 29.8 Å². The van der Waals surface area contributed by atoms with Gasteiger partial charge in [-0.15, -0.1) is 0 Å². The number of hydrogen-bond donors (Lipinski definition) is 0. The lowest BCUT2D eigenvalue weighted by molar-refractivity contribution is 0.238. The third kappa shape index (κ3) is 1.64. The van der Waals surface area contributed by atoms with Gasteiger partial charge in [-0.2, -0.15) is 0 Å². The van der Waals surface area contributed by atoms with E-state index in [0.29, 0.717) is 0 Å². The molecule has 1 aromatic rings. The van der Waals surface area contributed by atoms with Gasteiger partial charge in [0.2, 0.25) is 0 Å². The molecule has 1 saturated carbocycles. The highest BCUT2D eigenvalue weighted by atomic mass is 16.5. The Hall–Kier alpha value is -0.980. The molecule has 0 saturated heterocycles. The quantitative estimate of drug-likeness (QED) is 0.674. The molecule has 1 aromatic carbocycles. The largest absolute Gasteiger partial charge is 0.493 e. The predicted octanol–water partition coefficient (Wildman–Crippen LogP) is 3.74.